The van der Waals surface area contributed by atoms with Gasteiger partial charge in [-0.05, 0) is 43.2 Å². The first kappa shape index (κ1) is 18.2. The molecule has 0 saturated carbocycles. The first-order valence-corrected chi connectivity index (χ1v) is 7.99. The van der Waals surface area contributed by atoms with E-state index in [-0.39, 0.29) is 12.4 Å². The molecule has 5 nitrogen and oxygen atoms in total. The van der Waals surface area contributed by atoms with Crippen LogP contribution in [0.2, 0.25) is 0 Å². The van der Waals surface area contributed by atoms with Crippen molar-refractivity contribution < 1.29 is 19.1 Å². The Morgan fingerprint density at radius 3 is 2.20 bits per heavy atom. The van der Waals surface area contributed by atoms with E-state index in [2.05, 4.69) is 0 Å². The Bertz CT molecular complexity index is 773. The molecule has 0 bridgehead atoms. The molecule has 0 aliphatic carbocycles. The molecule has 0 N–H and O–H groups in total. The van der Waals surface area contributed by atoms with Crippen molar-refractivity contribution in [3.05, 3.63) is 65.2 Å². The number of hydrogen-bond acceptors (Lipinski definition) is 5. The number of ketones is 1. The highest BCUT2D eigenvalue weighted by Crippen LogP contribution is 2.15. The second kappa shape index (κ2) is 8.65. The lowest BCUT2D eigenvalue weighted by Gasteiger charge is -2.13. The molecule has 1 unspecified atom stereocenters. The molecule has 2 rings (SSSR count). The molecule has 25 heavy (non-hydrogen) atoms. The first-order valence-electron chi connectivity index (χ1n) is 7.99. The van der Waals surface area contributed by atoms with Gasteiger partial charge in [0.1, 0.15) is 11.8 Å². The maximum atomic E-state index is 12.4. The molecule has 2 aromatic rings. The predicted octanol–water partition coefficient (Wildman–Crippen LogP) is 3.58. The highest BCUT2D eigenvalue weighted by Gasteiger charge is 2.20. The highest BCUT2D eigenvalue weighted by atomic mass is 16.5. The molecule has 0 heterocycles. The summed E-state index contributed by atoms with van der Waals surface area (Å²) in [6, 6.07) is 15.3. The van der Waals surface area contributed by atoms with Crippen molar-refractivity contribution in [2.45, 2.75) is 26.4 Å². The van der Waals surface area contributed by atoms with E-state index in [0.29, 0.717) is 16.9 Å². The molecule has 0 spiro atoms. The van der Waals surface area contributed by atoms with Crippen LogP contribution in [0.25, 0.3) is 0 Å². The summed E-state index contributed by atoms with van der Waals surface area (Å²) in [5, 5.41) is 8.46. The quantitative estimate of drug-likeness (QED) is 0.570. The van der Waals surface area contributed by atoms with Crippen molar-refractivity contribution >= 4 is 11.8 Å². The predicted molar refractivity (Wildman–Crippen MR) is 92.6 cm³/mol. The Labute approximate surface area is 146 Å². The lowest BCUT2D eigenvalue weighted by atomic mass is 10.0. The van der Waals surface area contributed by atoms with Gasteiger partial charge in [0.05, 0.1) is 5.56 Å². The lowest BCUT2D eigenvalue weighted by Crippen LogP contribution is -2.24. The Balaban J connectivity index is 1.98. The van der Waals surface area contributed by atoms with E-state index >= 15 is 0 Å². The van der Waals surface area contributed by atoms with Gasteiger partial charge in [-0.25, -0.2) is 4.79 Å². The summed E-state index contributed by atoms with van der Waals surface area (Å²) < 4.78 is 10.4. The van der Waals surface area contributed by atoms with Crippen LogP contribution in [0.15, 0.2) is 48.5 Å². The monoisotopic (exact) mass is 337 g/mol. The van der Waals surface area contributed by atoms with E-state index in [4.69, 9.17) is 14.7 Å². The Morgan fingerprint density at radius 2 is 1.64 bits per heavy atom. The second-order valence-electron chi connectivity index (χ2n) is 5.43. The van der Waals surface area contributed by atoms with E-state index < -0.39 is 12.1 Å². The largest absolute Gasteiger partial charge is 0.479 e. The fraction of sp³-hybridized carbons (Fsp3) is 0.250. The van der Waals surface area contributed by atoms with E-state index in [1.54, 1.807) is 31.2 Å². The number of carbonyl (C=O) groups excluding carboxylic acids is 2. The third-order valence-electron chi connectivity index (χ3n) is 3.69. The molecule has 1 atom stereocenters. The minimum atomic E-state index is -0.880. The van der Waals surface area contributed by atoms with Crippen LogP contribution in [-0.2, 0) is 11.2 Å². The second-order valence-corrected chi connectivity index (χ2v) is 5.43. The average molecular weight is 337 g/mol. The van der Waals surface area contributed by atoms with Gasteiger partial charge in [-0.1, -0.05) is 31.2 Å². The van der Waals surface area contributed by atoms with Crippen molar-refractivity contribution in [1.29, 1.82) is 5.26 Å². The summed E-state index contributed by atoms with van der Waals surface area (Å²) in [6.07, 6.45) is 0.0158. The van der Waals surface area contributed by atoms with Gasteiger partial charge in [0.25, 0.3) is 0 Å². The number of ether oxygens (including phenoxy) is 2. The summed E-state index contributed by atoms with van der Waals surface area (Å²) in [4.78, 5) is 24.5. The topological polar surface area (TPSA) is 76.4 Å². The molecule has 2 aromatic carbocycles. The molecule has 0 saturated heterocycles. The van der Waals surface area contributed by atoms with E-state index in [1.807, 2.05) is 25.1 Å². The van der Waals surface area contributed by atoms with Gasteiger partial charge in [-0.3, -0.25) is 4.79 Å². The van der Waals surface area contributed by atoms with Crippen molar-refractivity contribution in [3.8, 4) is 11.8 Å². The minimum absolute atomic E-state index is 0.0633. The zero-order valence-corrected chi connectivity index (χ0v) is 14.2. The average Bonchev–Trinajstić information content (AvgIpc) is 2.66. The smallest absolute Gasteiger partial charge is 0.338 e. The molecule has 0 aromatic heterocycles. The number of esters is 1. The van der Waals surface area contributed by atoms with Crippen LogP contribution in [0, 0.1) is 11.3 Å². The molecule has 0 fully saturated rings. The number of hydrogen-bond donors (Lipinski definition) is 0. The van der Waals surface area contributed by atoms with Gasteiger partial charge < -0.3 is 9.47 Å². The number of nitriles is 1. The maximum absolute atomic E-state index is 12.4. The number of Topliss-reactive ketones (excluding diaryl/α,β-unsaturated/α-hetero) is 1. The number of aryl methyl sites for hydroxylation is 1. The summed E-state index contributed by atoms with van der Waals surface area (Å²) in [5.74, 6) is -0.346. The maximum Gasteiger partial charge on any atom is 0.338 e. The summed E-state index contributed by atoms with van der Waals surface area (Å²) in [7, 11) is 0. The normalized spacial score (nSPS) is 11.2. The van der Waals surface area contributed by atoms with E-state index in [0.717, 1.165) is 12.0 Å². The number of carbonyl (C=O) groups is 2. The Hall–Kier alpha value is -3.13. The highest BCUT2D eigenvalue weighted by molar-refractivity contribution is 6.01. The van der Waals surface area contributed by atoms with Crippen LogP contribution >= 0.6 is 0 Å². The first-order chi connectivity index (χ1) is 12.0. The van der Waals surface area contributed by atoms with Crippen LogP contribution < -0.4 is 4.74 Å². The summed E-state index contributed by atoms with van der Waals surface area (Å²) in [6.45, 7) is 3.53. The van der Waals surface area contributed by atoms with Crippen molar-refractivity contribution in [1.82, 2.24) is 0 Å². The van der Waals surface area contributed by atoms with Gasteiger partial charge >= 0.3 is 5.97 Å². The van der Waals surface area contributed by atoms with Crippen molar-refractivity contribution in [3.63, 3.8) is 0 Å². The number of nitrogens with zero attached hydrogens (tertiary/aromatic N) is 1. The summed E-state index contributed by atoms with van der Waals surface area (Å²) in [5.41, 5.74) is 1.96. The third kappa shape index (κ3) is 4.92. The van der Waals surface area contributed by atoms with Crippen molar-refractivity contribution in [2.75, 3.05) is 6.61 Å². The van der Waals surface area contributed by atoms with E-state index in [1.165, 1.54) is 12.1 Å². The van der Waals surface area contributed by atoms with Crippen LogP contribution in [0.1, 0.15) is 40.1 Å². The van der Waals surface area contributed by atoms with Gasteiger partial charge in [0.15, 0.2) is 12.7 Å². The number of benzene rings is 2. The van der Waals surface area contributed by atoms with Crippen LogP contribution in [0.5, 0.6) is 5.75 Å². The zero-order chi connectivity index (χ0) is 18.2. The Morgan fingerprint density at radius 1 is 1.04 bits per heavy atom. The SMILES string of the molecule is CCc1ccc(C(=O)C(C)OC(=O)c2ccc(OCC#N)cc2)cc1. The fourth-order valence-electron chi connectivity index (χ4n) is 2.22. The van der Waals surface area contributed by atoms with Gasteiger partial charge in [0.2, 0.25) is 5.78 Å². The molecule has 0 radical (unpaired) electrons. The van der Waals surface area contributed by atoms with Crippen molar-refractivity contribution in [2.24, 2.45) is 0 Å². The zero-order valence-electron chi connectivity index (χ0n) is 14.2. The van der Waals surface area contributed by atoms with Crippen LogP contribution in [0.3, 0.4) is 0 Å². The van der Waals surface area contributed by atoms with E-state index in [9.17, 15) is 9.59 Å². The summed E-state index contributed by atoms with van der Waals surface area (Å²) >= 11 is 0. The number of rotatable bonds is 7. The molecular formula is C20H19NO4. The van der Waals surface area contributed by atoms with Gasteiger partial charge in [-0.15, -0.1) is 0 Å². The van der Waals surface area contributed by atoms with Gasteiger partial charge in [0, 0.05) is 5.56 Å². The third-order valence-corrected chi connectivity index (χ3v) is 3.69. The molecule has 0 aliphatic heterocycles. The molecular weight excluding hydrogens is 318 g/mol. The van der Waals surface area contributed by atoms with Crippen LogP contribution in [0.4, 0.5) is 0 Å². The molecule has 5 heteroatoms. The lowest BCUT2D eigenvalue weighted by molar-refractivity contribution is 0.0319. The molecule has 0 amide bonds. The molecule has 0 aliphatic rings. The molecule has 128 valence electrons. The Kier molecular flexibility index (Phi) is 6.30. The fourth-order valence-corrected chi connectivity index (χ4v) is 2.22. The standard InChI is InChI=1S/C20H19NO4/c1-3-15-4-6-16(7-5-15)19(22)14(2)25-20(23)17-8-10-18(11-9-17)24-13-12-21/h4-11,14H,3,13H2,1-2H3. The van der Waals surface area contributed by atoms with Crippen LogP contribution in [-0.4, -0.2) is 24.5 Å². The van der Waals surface area contributed by atoms with Gasteiger partial charge in [-0.2, -0.15) is 5.26 Å². The minimum Gasteiger partial charge on any atom is -0.479 e.